The molecule has 0 fully saturated rings. The van der Waals surface area contributed by atoms with E-state index in [-0.39, 0.29) is 0 Å². The summed E-state index contributed by atoms with van der Waals surface area (Å²) in [5.41, 5.74) is 1.63. The number of rotatable bonds is 7. The van der Waals surface area contributed by atoms with E-state index >= 15 is 0 Å². The van der Waals surface area contributed by atoms with E-state index in [9.17, 15) is 0 Å². The molecule has 0 heterocycles. The van der Waals surface area contributed by atoms with Crippen LogP contribution in [-0.2, 0) is 0 Å². The van der Waals surface area contributed by atoms with Gasteiger partial charge in [-0.1, -0.05) is 38.3 Å². The van der Waals surface area contributed by atoms with Crippen molar-refractivity contribution >= 4 is 0 Å². The summed E-state index contributed by atoms with van der Waals surface area (Å²) in [5.74, 6) is 0.715. The van der Waals surface area contributed by atoms with Crippen LogP contribution < -0.4 is 0 Å². The normalized spacial score (nSPS) is 14.9. The number of nitrogens with zero attached hydrogens (tertiary/aromatic N) is 1. The van der Waals surface area contributed by atoms with Gasteiger partial charge in [-0.3, -0.25) is 0 Å². The summed E-state index contributed by atoms with van der Waals surface area (Å²) in [6, 6.07) is 0. The molecule has 0 rings (SSSR count). The summed E-state index contributed by atoms with van der Waals surface area (Å²) in [6.45, 7) is 7.94. The first-order valence-corrected chi connectivity index (χ1v) is 5.91. The molecule has 0 aliphatic rings. The van der Waals surface area contributed by atoms with Gasteiger partial charge in [0.05, 0.1) is 0 Å². The van der Waals surface area contributed by atoms with Crippen LogP contribution >= 0.6 is 0 Å². The van der Waals surface area contributed by atoms with Gasteiger partial charge < -0.3 is 4.90 Å². The fourth-order valence-corrected chi connectivity index (χ4v) is 1.92. The van der Waals surface area contributed by atoms with Gasteiger partial charge in [0, 0.05) is 6.54 Å². The van der Waals surface area contributed by atoms with Crippen LogP contribution in [-0.4, -0.2) is 25.5 Å². The van der Waals surface area contributed by atoms with E-state index in [1.807, 2.05) is 0 Å². The zero-order chi connectivity index (χ0) is 11.0. The van der Waals surface area contributed by atoms with Crippen molar-refractivity contribution in [1.29, 1.82) is 0 Å². The first-order chi connectivity index (χ1) is 6.61. The highest BCUT2D eigenvalue weighted by Crippen LogP contribution is 2.18. The molecule has 1 unspecified atom stereocenters. The van der Waals surface area contributed by atoms with Crippen LogP contribution in [0.2, 0.25) is 0 Å². The Bertz CT molecular complexity index is 159. The number of allylic oxidation sites excluding steroid dienone is 1. The van der Waals surface area contributed by atoms with E-state index in [0.717, 1.165) is 0 Å². The Morgan fingerprint density at radius 1 is 1.29 bits per heavy atom. The number of unbranched alkanes of at least 4 members (excludes halogenated alkanes) is 2. The van der Waals surface area contributed by atoms with Gasteiger partial charge in [0.25, 0.3) is 0 Å². The van der Waals surface area contributed by atoms with Gasteiger partial charge in [-0.05, 0) is 39.8 Å². The average molecular weight is 197 g/mol. The zero-order valence-electron chi connectivity index (χ0n) is 10.6. The maximum atomic E-state index is 2.33. The van der Waals surface area contributed by atoms with Crippen molar-refractivity contribution in [3.05, 3.63) is 11.6 Å². The molecule has 0 spiro atoms. The van der Waals surface area contributed by atoms with Gasteiger partial charge in [-0.25, -0.2) is 0 Å². The maximum Gasteiger partial charge on any atom is 0.00382 e. The summed E-state index contributed by atoms with van der Waals surface area (Å²) in [7, 11) is 4.30. The third-order valence-electron chi connectivity index (χ3n) is 2.71. The van der Waals surface area contributed by atoms with E-state index < -0.39 is 0 Å². The van der Waals surface area contributed by atoms with E-state index in [0.29, 0.717) is 5.92 Å². The van der Waals surface area contributed by atoms with Crippen LogP contribution in [0, 0.1) is 5.92 Å². The summed E-state index contributed by atoms with van der Waals surface area (Å²) in [4.78, 5) is 2.27. The van der Waals surface area contributed by atoms with E-state index in [4.69, 9.17) is 0 Å². The van der Waals surface area contributed by atoms with Crippen molar-refractivity contribution in [1.82, 2.24) is 4.90 Å². The molecule has 0 amide bonds. The first-order valence-electron chi connectivity index (χ1n) is 5.91. The summed E-state index contributed by atoms with van der Waals surface area (Å²) in [5, 5.41) is 0. The molecule has 0 N–H and O–H groups in total. The molecule has 1 heteroatoms. The van der Waals surface area contributed by atoms with Crippen LogP contribution in [0.3, 0.4) is 0 Å². The largest absolute Gasteiger partial charge is 0.309 e. The Hall–Kier alpha value is -0.300. The van der Waals surface area contributed by atoms with Crippen LogP contribution in [0.25, 0.3) is 0 Å². The summed E-state index contributed by atoms with van der Waals surface area (Å²) >= 11 is 0. The Morgan fingerprint density at radius 3 is 2.36 bits per heavy atom. The molecule has 0 bridgehead atoms. The molecule has 14 heavy (non-hydrogen) atoms. The molecule has 84 valence electrons. The second kappa shape index (κ2) is 8.05. The van der Waals surface area contributed by atoms with Gasteiger partial charge in [0.15, 0.2) is 0 Å². The topological polar surface area (TPSA) is 3.24 Å². The number of hydrogen-bond donors (Lipinski definition) is 0. The Morgan fingerprint density at radius 2 is 1.93 bits per heavy atom. The molecule has 0 aliphatic carbocycles. The second-order valence-electron chi connectivity index (χ2n) is 4.48. The Balaban J connectivity index is 3.88. The highest BCUT2D eigenvalue weighted by Gasteiger charge is 2.08. The minimum absolute atomic E-state index is 0.715. The fraction of sp³-hybridized carbons (Fsp3) is 0.846. The Kier molecular flexibility index (Phi) is 7.87. The zero-order valence-corrected chi connectivity index (χ0v) is 10.6. The molecule has 0 aliphatic heterocycles. The molecule has 0 saturated carbocycles. The van der Waals surface area contributed by atoms with E-state index in [1.165, 1.54) is 32.2 Å². The van der Waals surface area contributed by atoms with Crippen LogP contribution in [0.15, 0.2) is 11.6 Å². The SMILES string of the molecule is C/C=C(/CCCCC)C(C)CN(C)C. The Labute approximate surface area is 90.2 Å². The number of hydrogen-bond acceptors (Lipinski definition) is 1. The fourth-order valence-electron chi connectivity index (χ4n) is 1.92. The highest BCUT2D eigenvalue weighted by atomic mass is 15.1. The lowest BCUT2D eigenvalue weighted by molar-refractivity contribution is 0.358. The van der Waals surface area contributed by atoms with Gasteiger partial charge in [-0.15, -0.1) is 0 Å². The molecule has 0 saturated heterocycles. The molecule has 0 radical (unpaired) electrons. The smallest absolute Gasteiger partial charge is 0.00382 e. The molecule has 1 nitrogen and oxygen atoms in total. The van der Waals surface area contributed by atoms with Crippen molar-refractivity contribution < 1.29 is 0 Å². The first kappa shape index (κ1) is 13.7. The average Bonchev–Trinajstić information content (AvgIpc) is 2.11. The van der Waals surface area contributed by atoms with E-state index in [1.54, 1.807) is 5.57 Å². The van der Waals surface area contributed by atoms with Gasteiger partial charge in [0.2, 0.25) is 0 Å². The lowest BCUT2D eigenvalue weighted by atomic mass is 9.95. The molecule has 0 aromatic rings. The quantitative estimate of drug-likeness (QED) is 0.444. The van der Waals surface area contributed by atoms with Crippen molar-refractivity contribution in [3.63, 3.8) is 0 Å². The highest BCUT2D eigenvalue weighted by molar-refractivity contribution is 5.04. The standard InChI is InChI=1S/C13H27N/c1-6-8-9-10-13(7-2)12(3)11-14(4)5/h7,12H,6,8-11H2,1-5H3/b13-7-. The lowest BCUT2D eigenvalue weighted by Crippen LogP contribution is -2.21. The van der Waals surface area contributed by atoms with Gasteiger partial charge in [-0.2, -0.15) is 0 Å². The molecular formula is C13H27N. The van der Waals surface area contributed by atoms with Crippen LogP contribution in [0.5, 0.6) is 0 Å². The van der Waals surface area contributed by atoms with Crippen LogP contribution in [0.4, 0.5) is 0 Å². The lowest BCUT2D eigenvalue weighted by Gasteiger charge is -2.20. The predicted molar refractivity (Wildman–Crippen MR) is 65.6 cm³/mol. The molecule has 0 aromatic carbocycles. The molecule has 0 aromatic heterocycles. The minimum Gasteiger partial charge on any atom is -0.309 e. The third kappa shape index (κ3) is 6.20. The molecule has 1 atom stereocenters. The molecular weight excluding hydrogens is 170 g/mol. The minimum atomic E-state index is 0.715. The van der Waals surface area contributed by atoms with Crippen molar-refractivity contribution in [2.75, 3.05) is 20.6 Å². The van der Waals surface area contributed by atoms with Gasteiger partial charge in [0.1, 0.15) is 0 Å². The monoisotopic (exact) mass is 197 g/mol. The van der Waals surface area contributed by atoms with Crippen molar-refractivity contribution in [3.8, 4) is 0 Å². The maximum absolute atomic E-state index is 2.33. The van der Waals surface area contributed by atoms with Crippen molar-refractivity contribution in [2.45, 2.75) is 46.5 Å². The second-order valence-corrected chi connectivity index (χ2v) is 4.48. The third-order valence-corrected chi connectivity index (χ3v) is 2.71. The predicted octanol–water partition coefficient (Wildman–Crippen LogP) is 3.71. The summed E-state index contributed by atoms with van der Waals surface area (Å²) in [6.07, 6.45) is 7.64. The summed E-state index contributed by atoms with van der Waals surface area (Å²) < 4.78 is 0. The van der Waals surface area contributed by atoms with Gasteiger partial charge >= 0.3 is 0 Å². The van der Waals surface area contributed by atoms with E-state index in [2.05, 4.69) is 45.8 Å². The van der Waals surface area contributed by atoms with Crippen molar-refractivity contribution in [2.24, 2.45) is 5.92 Å². The van der Waals surface area contributed by atoms with Crippen LogP contribution in [0.1, 0.15) is 46.5 Å².